The summed E-state index contributed by atoms with van der Waals surface area (Å²) in [4.78, 5) is 4.43. The predicted molar refractivity (Wildman–Crippen MR) is 88.2 cm³/mol. The van der Waals surface area contributed by atoms with Crippen molar-refractivity contribution in [2.24, 2.45) is 0 Å². The first-order valence-electron chi connectivity index (χ1n) is 7.64. The predicted octanol–water partition coefficient (Wildman–Crippen LogP) is 2.81. The number of benzene rings is 1. The molecule has 8 nitrogen and oxygen atoms in total. The Morgan fingerprint density at radius 2 is 1.96 bits per heavy atom. The quantitative estimate of drug-likeness (QED) is 0.732. The fraction of sp³-hybridized carbons (Fsp3) is 0.400. The molecule has 126 valence electrons. The molecule has 0 aliphatic carbocycles. The smallest absolute Gasteiger partial charge is 0.257 e. The molecule has 0 saturated heterocycles. The summed E-state index contributed by atoms with van der Waals surface area (Å²) in [5.41, 5.74) is 0.828. The molecule has 1 atom stereocenters. The number of hydrogen-bond donors (Lipinski definition) is 1. The first-order chi connectivity index (χ1) is 11.5. The first-order valence-corrected chi connectivity index (χ1v) is 8.02. The van der Waals surface area contributed by atoms with Gasteiger partial charge in [0.25, 0.3) is 5.89 Å². The third-order valence-corrected chi connectivity index (χ3v) is 3.79. The van der Waals surface area contributed by atoms with E-state index in [4.69, 9.17) is 16.1 Å². The molecule has 1 N–H and O–H groups in total. The van der Waals surface area contributed by atoms with Crippen molar-refractivity contribution >= 4 is 11.6 Å². The van der Waals surface area contributed by atoms with Gasteiger partial charge >= 0.3 is 0 Å². The number of nitrogens with one attached hydrogen (secondary N) is 1. The Hall–Kier alpha value is -2.32. The summed E-state index contributed by atoms with van der Waals surface area (Å²) in [6.45, 7) is 6.53. The third-order valence-electron chi connectivity index (χ3n) is 3.54. The lowest BCUT2D eigenvalue weighted by atomic mass is 10.2. The van der Waals surface area contributed by atoms with E-state index in [1.54, 1.807) is 16.8 Å². The third kappa shape index (κ3) is 3.60. The number of halogens is 1. The van der Waals surface area contributed by atoms with Gasteiger partial charge < -0.3 is 9.84 Å². The van der Waals surface area contributed by atoms with E-state index in [9.17, 15) is 0 Å². The molecule has 1 aromatic carbocycles. The van der Waals surface area contributed by atoms with E-state index in [1.165, 1.54) is 0 Å². The van der Waals surface area contributed by atoms with Gasteiger partial charge in [-0.15, -0.1) is 5.10 Å². The van der Waals surface area contributed by atoms with Crippen LogP contribution in [0.2, 0.25) is 5.02 Å². The second kappa shape index (κ2) is 7.06. The van der Waals surface area contributed by atoms with Crippen molar-refractivity contribution in [2.75, 3.05) is 0 Å². The largest absolute Gasteiger partial charge is 0.334 e. The monoisotopic (exact) mass is 347 g/mol. The molecule has 9 heteroatoms. The maximum absolute atomic E-state index is 5.89. The fourth-order valence-corrected chi connectivity index (χ4v) is 2.31. The molecule has 0 spiro atoms. The van der Waals surface area contributed by atoms with Crippen LogP contribution in [0.5, 0.6) is 0 Å². The highest BCUT2D eigenvalue weighted by Crippen LogP contribution is 2.21. The number of rotatable bonds is 6. The number of aromatic nitrogens is 6. The van der Waals surface area contributed by atoms with Gasteiger partial charge in [-0.1, -0.05) is 16.8 Å². The van der Waals surface area contributed by atoms with E-state index < -0.39 is 0 Å². The second-order valence-electron chi connectivity index (χ2n) is 5.70. The van der Waals surface area contributed by atoms with Gasteiger partial charge in [-0.2, -0.15) is 4.98 Å². The Labute approximate surface area is 144 Å². The molecule has 0 aliphatic rings. The number of tetrazole rings is 1. The Kier molecular flexibility index (Phi) is 4.86. The van der Waals surface area contributed by atoms with E-state index in [-0.39, 0.29) is 12.1 Å². The maximum Gasteiger partial charge on any atom is 0.257 e. The van der Waals surface area contributed by atoms with Crippen LogP contribution in [0.4, 0.5) is 0 Å². The molecule has 3 aromatic rings. The van der Waals surface area contributed by atoms with Gasteiger partial charge in [0.1, 0.15) is 0 Å². The minimum atomic E-state index is -0.105. The molecule has 0 amide bonds. The van der Waals surface area contributed by atoms with Crippen LogP contribution in [0.3, 0.4) is 0 Å². The van der Waals surface area contributed by atoms with Gasteiger partial charge in [0.05, 0.1) is 18.6 Å². The summed E-state index contributed by atoms with van der Waals surface area (Å²) in [5, 5.41) is 19.7. The minimum absolute atomic E-state index is 0.105. The van der Waals surface area contributed by atoms with Crippen LogP contribution in [-0.4, -0.2) is 30.3 Å². The van der Waals surface area contributed by atoms with Gasteiger partial charge in [-0.25, -0.2) is 4.68 Å². The van der Waals surface area contributed by atoms with Gasteiger partial charge in [-0.05, 0) is 55.5 Å². The van der Waals surface area contributed by atoms with E-state index in [0.29, 0.717) is 23.3 Å². The maximum atomic E-state index is 5.89. The average Bonchev–Trinajstić information content (AvgIpc) is 3.22. The van der Waals surface area contributed by atoms with Crippen molar-refractivity contribution in [1.82, 2.24) is 35.7 Å². The van der Waals surface area contributed by atoms with Crippen molar-refractivity contribution in [2.45, 2.75) is 39.4 Å². The highest BCUT2D eigenvalue weighted by atomic mass is 35.5. The molecule has 0 unspecified atom stereocenters. The summed E-state index contributed by atoms with van der Waals surface area (Å²) in [7, 11) is 0. The summed E-state index contributed by atoms with van der Waals surface area (Å²) >= 11 is 5.89. The summed E-state index contributed by atoms with van der Waals surface area (Å²) in [6, 6.07) is 7.35. The van der Waals surface area contributed by atoms with Crippen LogP contribution in [0.15, 0.2) is 28.8 Å². The molecule has 2 aromatic heterocycles. The Morgan fingerprint density at radius 1 is 1.21 bits per heavy atom. The van der Waals surface area contributed by atoms with Crippen molar-refractivity contribution in [3.63, 3.8) is 0 Å². The summed E-state index contributed by atoms with van der Waals surface area (Å²) in [5.74, 6) is 1.80. The van der Waals surface area contributed by atoms with Crippen LogP contribution in [0.25, 0.3) is 11.5 Å². The molecule has 2 heterocycles. The van der Waals surface area contributed by atoms with E-state index in [2.05, 4.69) is 31.0 Å². The van der Waals surface area contributed by atoms with Crippen molar-refractivity contribution in [1.29, 1.82) is 0 Å². The lowest BCUT2D eigenvalue weighted by Gasteiger charge is -2.11. The van der Waals surface area contributed by atoms with Crippen LogP contribution in [-0.2, 0) is 6.54 Å². The van der Waals surface area contributed by atoms with Gasteiger partial charge in [0, 0.05) is 10.6 Å². The van der Waals surface area contributed by atoms with Crippen LogP contribution in [0, 0.1) is 0 Å². The van der Waals surface area contributed by atoms with Crippen LogP contribution < -0.4 is 5.32 Å². The van der Waals surface area contributed by atoms with E-state index >= 15 is 0 Å². The van der Waals surface area contributed by atoms with Crippen LogP contribution >= 0.6 is 11.6 Å². The molecule has 0 saturated carbocycles. The van der Waals surface area contributed by atoms with Crippen molar-refractivity contribution < 1.29 is 4.52 Å². The number of hydrogen-bond acceptors (Lipinski definition) is 7. The zero-order valence-corrected chi connectivity index (χ0v) is 14.4. The molecule has 0 bridgehead atoms. The second-order valence-corrected chi connectivity index (χ2v) is 6.14. The Balaban J connectivity index is 1.66. The van der Waals surface area contributed by atoms with E-state index in [0.717, 1.165) is 11.4 Å². The summed E-state index contributed by atoms with van der Waals surface area (Å²) < 4.78 is 7.09. The highest BCUT2D eigenvalue weighted by molar-refractivity contribution is 6.30. The number of nitrogens with zero attached hydrogens (tertiary/aromatic N) is 6. The van der Waals surface area contributed by atoms with Crippen molar-refractivity contribution in [3.8, 4) is 11.5 Å². The molecular formula is C15H18ClN7O. The zero-order valence-electron chi connectivity index (χ0n) is 13.6. The Bertz CT molecular complexity index is 796. The standard InChI is InChI=1S/C15H18ClN7O/c1-9(2)23-13(19-21-22-23)8-17-10(3)14-18-15(24-20-14)11-4-6-12(16)7-5-11/h4-7,9-10,17H,8H2,1-3H3/t10-/m0/s1. The first kappa shape index (κ1) is 16.5. The van der Waals surface area contributed by atoms with Gasteiger partial charge in [-0.3, -0.25) is 0 Å². The average molecular weight is 348 g/mol. The lowest BCUT2D eigenvalue weighted by molar-refractivity contribution is 0.405. The molecule has 0 aliphatic heterocycles. The molecule has 0 radical (unpaired) electrons. The SMILES string of the molecule is CC(C)n1nnnc1CN[C@@H](C)c1noc(-c2ccc(Cl)cc2)n1. The fourth-order valence-electron chi connectivity index (χ4n) is 2.19. The van der Waals surface area contributed by atoms with Crippen molar-refractivity contribution in [3.05, 3.63) is 40.9 Å². The topological polar surface area (TPSA) is 94.6 Å². The van der Waals surface area contributed by atoms with E-state index in [1.807, 2.05) is 32.9 Å². The van der Waals surface area contributed by atoms with Gasteiger partial charge in [0.2, 0.25) is 0 Å². The molecular weight excluding hydrogens is 330 g/mol. The Morgan fingerprint density at radius 3 is 2.67 bits per heavy atom. The van der Waals surface area contributed by atoms with Crippen LogP contribution in [0.1, 0.15) is 44.5 Å². The zero-order chi connectivity index (χ0) is 17.1. The molecule has 3 rings (SSSR count). The van der Waals surface area contributed by atoms with Gasteiger partial charge in [0.15, 0.2) is 11.6 Å². The molecule has 0 fully saturated rings. The highest BCUT2D eigenvalue weighted by Gasteiger charge is 2.16. The normalized spacial score (nSPS) is 12.7. The lowest BCUT2D eigenvalue weighted by Crippen LogP contribution is -2.22. The minimum Gasteiger partial charge on any atom is -0.334 e. The summed E-state index contributed by atoms with van der Waals surface area (Å²) in [6.07, 6.45) is 0. The molecule has 24 heavy (non-hydrogen) atoms.